The molecule has 0 saturated heterocycles. The third-order valence-corrected chi connectivity index (χ3v) is 1.73. The summed E-state index contributed by atoms with van der Waals surface area (Å²) in [5, 5.41) is 25.1. The molecule has 0 radical (unpaired) electrons. The number of hydrogen-bond donors (Lipinski definition) is 3. The molecule has 0 heterocycles. The molecule has 0 amide bonds. The van der Waals surface area contributed by atoms with Crippen molar-refractivity contribution in [2.75, 3.05) is 0 Å². The highest BCUT2D eigenvalue weighted by Gasteiger charge is 2.31. The van der Waals surface area contributed by atoms with Gasteiger partial charge in [-0.15, -0.1) is 0 Å². The minimum absolute atomic E-state index is 0.0104. The quantitative estimate of drug-likeness (QED) is 0.421. The predicted octanol–water partition coefficient (Wildman–Crippen LogP) is 0.926. The van der Waals surface area contributed by atoms with Gasteiger partial charge in [-0.3, -0.25) is 0 Å². The Kier molecular flexibility index (Phi) is 5.37. The maximum absolute atomic E-state index is 12.6. The van der Waals surface area contributed by atoms with Gasteiger partial charge in [-0.2, -0.15) is 0 Å². The van der Waals surface area contributed by atoms with Crippen molar-refractivity contribution >= 4 is 0 Å². The third-order valence-electron chi connectivity index (χ3n) is 1.73. The molecule has 12 heavy (non-hydrogen) atoms. The molecule has 74 valence electrons. The Morgan fingerprint density at radius 1 is 1.17 bits per heavy atom. The van der Waals surface area contributed by atoms with Crippen molar-refractivity contribution in [1.29, 1.82) is 0 Å². The van der Waals surface area contributed by atoms with Gasteiger partial charge < -0.3 is 15.3 Å². The van der Waals surface area contributed by atoms with Gasteiger partial charge in [0, 0.05) is 0 Å². The molecular formula is C8H17FO3. The number of rotatable bonds is 6. The average Bonchev–Trinajstić information content (AvgIpc) is 1.96. The van der Waals surface area contributed by atoms with Crippen LogP contribution in [0.2, 0.25) is 0 Å². The highest BCUT2D eigenvalue weighted by Crippen LogP contribution is 2.15. The molecule has 3 N–H and O–H groups in total. The van der Waals surface area contributed by atoms with E-state index in [-0.39, 0.29) is 6.42 Å². The summed E-state index contributed by atoms with van der Waals surface area (Å²) in [4.78, 5) is 0. The van der Waals surface area contributed by atoms with E-state index in [4.69, 9.17) is 15.3 Å². The van der Waals surface area contributed by atoms with Crippen LogP contribution in [0.25, 0.3) is 0 Å². The molecule has 0 bridgehead atoms. The smallest absolute Gasteiger partial charge is 0.308 e. The summed E-state index contributed by atoms with van der Waals surface area (Å²) in [5.74, 6) is -3.16. The van der Waals surface area contributed by atoms with Crippen molar-refractivity contribution in [3.63, 3.8) is 0 Å². The Morgan fingerprint density at radius 2 is 1.75 bits per heavy atom. The van der Waals surface area contributed by atoms with E-state index in [1.54, 1.807) is 0 Å². The minimum atomic E-state index is -3.16. The Hall–Kier alpha value is -0.190. The molecule has 3 nitrogen and oxygen atoms in total. The zero-order chi connectivity index (χ0) is 9.61. The van der Waals surface area contributed by atoms with E-state index in [1.807, 2.05) is 6.92 Å². The van der Waals surface area contributed by atoms with Crippen LogP contribution in [-0.2, 0) is 0 Å². The summed E-state index contributed by atoms with van der Waals surface area (Å²) in [6.07, 6.45) is 1.49. The summed E-state index contributed by atoms with van der Waals surface area (Å²) in [6, 6.07) is 0. The Labute approximate surface area is 71.8 Å². The summed E-state index contributed by atoms with van der Waals surface area (Å²) >= 11 is 0. The first kappa shape index (κ1) is 11.8. The van der Waals surface area contributed by atoms with Gasteiger partial charge in [0.05, 0.1) is 0 Å². The average molecular weight is 180 g/mol. The molecule has 0 aliphatic rings. The van der Waals surface area contributed by atoms with Gasteiger partial charge in [-0.25, -0.2) is 4.39 Å². The van der Waals surface area contributed by atoms with Crippen molar-refractivity contribution in [3.8, 4) is 0 Å². The lowest BCUT2D eigenvalue weighted by Crippen LogP contribution is -2.38. The van der Waals surface area contributed by atoms with Gasteiger partial charge in [0.1, 0.15) is 0 Å². The SMILES string of the molecule is CCCCCCC(F)C(O)(O)O. The van der Waals surface area contributed by atoms with E-state index >= 15 is 0 Å². The molecule has 0 aliphatic heterocycles. The second-order valence-electron chi connectivity index (χ2n) is 3.00. The molecule has 1 unspecified atom stereocenters. The molecule has 0 saturated carbocycles. The molecule has 1 atom stereocenters. The summed E-state index contributed by atoms with van der Waals surface area (Å²) in [7, 11) is 0. The highest BCUT2D eigenvalue weighted by atomic mass is 19.1. The van der Waals surface area contributed by atoms with Crippen LogP contribution in [0.3, 0.4) is 0 Å². The van der Waals surface area contributed by atoms with Crippen LogP contribution in [0.15, 0.2) is 0 Å². The first-order valence-electron chi connectivity index (χ1n) is 4.29. The fourth-order valence-corrected chi connectivity index (χ4v) is 0.944. The van der Waals surface area contributed by atoms with E-state index in [0.29, 0.717) is 6.42 Å². The van der Waals surface area contributed by atoms with Crippen molar-refractivity contribution in [2.45, 2.75) is 51.2 Å². The van der Waals surface area contributed by atoms with E-state index in [2.05, 4.69) is 0 Å². The minimum Gasteiger partial charge on any atom is -0.341 e. The number of hydrogen-bond acceptors (Lipinski definition) is 3. The molecular weight excluding hydrogens is 163 g/mol. The maximum Gasteiger partial charge on any atom is 0.308 e. The molecule has 0 aromatic heterocycles. The molecule has 0 aromatic carbocycles. The first-order valence-corrected chi connectivity index (χ1v) is 4.29. The van der Waals surface area contributed by atoms with Crippen LogP contribution < -0.4 is 0 Å². The van der Waals surface area contributed by atoms with Crippen molar-refractivity contribution in [1.82, 2.24) is 0 Å². The lowest BCUT2D eigenvalue weighted by Gasteiger charge is -2.18. The first-order chi connectivity index (χ1) is 5.48. The van der Waals surface area contributed by atoms with E-state index in [9.17, 15) is 4.39 Å². The van der Waals surface area contributed by atoms with Gasteiger partial charge in [0.15, 0.2) is 6.17 Å². The zero-order valence-electron chi connectivity index (χ0n) is 7.33. The van der Waals surface area contributed by atoms with Gasteiger partial charge in [-0.1, -0.05) is 32.6 Å². The Bertz CT molecular complexity index is 111. The Balaban J connectivity index is 3.38. The van der Waals surface area contributed by atoms with E-state index < -0.39 is 12.1 Å². The summed E-state index contributed by atoms with van der Waals surface area (Å²) in [6.45, 7) is 2.03. The molecule has 0 rings (SSSR count). The van der Waals surface area contributed by atoms with Gasteiger partial charge in [-0.05, 0) is 6.42 Å². The lowest BCUT2D eigenvalue weighted by molar-refractivity contribution is -0.342. The topological polar surface area (TPSA) is 60.7 Å². The van der Waals surface area contributed by atoms with Crippen molar-refractivity contribution in [2.24, 2.45) is 0 Å². The second kappa shape index (κ2) is 5.45. The third kappa shape index (κ3) is 5.46. The summed E-state index contributed by atoms with van der Waals surface area (Å²) in [5.41, 5.74) is 0. The standard InChI is InChI=1S/C8H17FO3/c1-2-3-4-5-6-7(9)8(10,11)12/h7,10-12H,2-6H2,1H3. The highest BCUT2D eigenvalue weighted by molar-refractivity contribution is 4.63. The van der Waals surface area contributed by atoms with E-state index in [0.717, 1.165) is 19.3 Å². The molecule has 4 heteroatoms. The number of alkyl halides is 1. The fraction of sp³-hybridized carbons (Fsp3) is 1.00. The zero-order valence-corrected chi connectivity index (χ0v) is 7.33. The van der Waals surface area contributed by atoms with Crippen LogP contribution in [0.5, 0.6) is 0 Å². The molecule has 0 fully saturated rings. The molecule has 0 aliphatic carbocycles. The van der Waals surface area contributed by atoms with E-state index in [1.165, 1.54) is 0 Å². The predicted molar refractivity (Wildman–Crippen MR) is 43.0 cm³/mol. The van der Waals surface area contributed by atoms with Gasteiger partial charge in [0.2, 0.25) is 0 Å². The number of unbranched alkanes of at least 4 members (excludes halogenated alkanes) is 3. The Morgan fingerprint density at radius 3 is 2.17 bits per heavy atom. The second-order valence-corrected chi connectivity index (χ2v) is 3.00. The van der Waals surface area contributed by atoms with Crippen LogP contribution in [-0.4, -0.2) is 27.5 Å². The van der Waals surface area contributed by atoms with Crippen LogP contribution in [0, 0.1) is 0 Å². The number of aliphatic hydroxyl groups is 3. The maximum atomic E-state index is 12.6. The largest absolute Gasteiger partial charge is 0.341 e. The van der Waals surface area contributed by atoms with Crippen LogP contribution in [0.4, 0.5) is 4.39 Å². The lowest BCUT2D eigenvalue weighted by atomic mass is 10.1. The van der Waals surface area contributed by atoms with Gasteiger partial charge >= 0.3 is 5.97 Å². The summed E-state index contributed by atoms with van der Waals surface area (Å²) < 4.78 is 12.6. The normalized spacial score (nSPS) is 14.8. The van der Waals surface area contributed by atoms with Crippen molar-refractivity contribution < 1.29 is 19.7 Å². The van der Waals surface area contributed by atoms with Gasteiger partial charge in [0.25, 0.3) is 0 Å². The van der Waals surface area contributed by atoms with Crippen molar-refractivity contribution in [3.05, 3.63) is 0 Å². The monoisotopic (exact) mass is 180 g/mol. The molecule has 0 aromatic rings. The van der Waals surface area contributed by atoms with Crippen LogP contribution in [0.1, 0.15) is 39.0 Å². The van der Waals surface area contributed by atoms with Crippen LogP contribution >= 0.6 is 0 Å². The number of halogens is 1. The molecule has 0 spiro atoms. The fourth-order valence-electron chi connectivity index (χ4n) is 0.944.